The molecule has 99 heavy (non-hydrogen) atoms. The molecule has 1 aliphatic carbocycles. The highest BCUT2D eigenvalue weighted by Gasteiger charge is 2.13. The summed E-state index contributed by atoms with van der Waals surface area (Å²) < 4.78 is 25.2. The highest BCUT2D eigenvalue weighted by molar-refractivity contribution is 5.83. The third kappa shape index (κ3) is 52.7. The molecule has 556 valence electrons. The van der Waals surface area contributed by atoms with Gasteiger partial charge in [-0.2, -0.15) is 0 Å². The van der Waals surface area contributed by atoms with Crippen LogP contribution < -0.4 is 0 Å². The van der Waals surface area contributed by atoms with Crippen molar-refractivity contribution in [2.24, 2.45) is 23.7 Å². The van der Waals surface area contributed by atoms with Crippen molar-refractivity contribution in [3.05, 3.63) is 283 Å². The van der Waals surface area contributed by atoms with Crippen LogP contribution in [0.5, 0.6) is 0 Å². The van der Waals surface area contributed by atoms with Gasteiger partial charge in [-0.3, -0.25) is 0 Å². The predicted octanol–water partition coefficient (Wildman–Crippen LogP) is 32.8. The molecule has 1 fully saturated rings. The average molecular weight is 1360 g/mol. The topological polar surface area (TPSA) is 0 Å². The van der Waals surface area contributed by atoms with Crippen LogP contribution in [0.2, 0.25) is 0 Å². The van der Waals surface area contributed by atoms with Crippen LogP contribution in [0.15, 0.2) is 182 Å². The number of hydrogen-bond donors (Lipinski definition) is 0. The Kier molecular flexibility index (Phi) is 65.0. The summed E-state index contributed by atoms with van der Waals surface area (Å²) in [6.45, 7) is 55.2. The Labute approximate surface area is 615 Å². The van der Waals surface area contributed by atoms with E-state index in [1.807, 2.05) is 26.0 Å². The molecule has 0 N–H and O–H groups in total. The van der Waals surface area contributed by atoms with E-state index in [-0.39, 0.29) is 56.2 Å². The first-order valence-corrected chi connectivity index (χ1v) is 35.0. The van der Waals surface area contributed by atoms with Crippen molar-refractivity contribution >= 4 is 10.8 Å². The molecule has 0 nitrogen and oxygen atoms in total. The molecule has 10 rings (SSSR count). The maximum Gasteiger partial charge on any atom is 0.126 e. The molecule has 0 atom stereocenters. The Morgan fingerprint density at radius 1 is 0.273 bits per heavy atom. The first-order chi connectivity index (χ1) is 43.8. The van der Waals surface area contributed by atoms with Gasteiger partial charge in [0.05, 0.1) is 0 Å². The third-order valence-corrected chi connectivity index (χ3v) is 15.8. The van der Waals surface area contributed by atoms with Crippen LogP contribution in [-0.2, 0) is 0 Å². The molecule has 9 aromatic carbocycles. The van der Waals surface area contributed by atoms with Crippen molar-refractivity contribution in [1.29, 1.82) is 0 Å². The van der Waals surface area contributed by atoms with Crippen LogP contribution in [-0.4, -0.2) is 0 Å². The van der Waals surface area contributed by atoms with E-state index < -0.39 is 0 Å². The van der Waals surface area contributed by atoms with Crippen molar-refractivity contribution in [3.63, 3.8) is 0 Å². The number of aryl methyl sites for hydroxylation is 16. The molecule has 0 radical (unpaired) electrons. The Hall–Kier alpha value is -6.90. The summed E-state index contributed by atoms with van der Waals surface area (Å²) >= 11 is 0. The summed E-state index contributed by atoms with van der Waals surface area (Å²) in [4.78, 5) is 0. The first-order valence-electron chi connectivity index (χ1n) is 35.0. The van der Waals surface area contributed by atoms with E-state index in [9.17, 15) is 8.78 Å². The summed E-state index contributed by atoms with van der Waals surface area (Å²) in [5.41, 5.74) is 22.1. The van der Waals surface area contributed by atoms with E-state index in [2.05, 4.69) is 298 Å². The lowest BCUT2D eigenvalue weighted by Gasteiger charge is -2.22. The first kappa shape index (κ1) is 106. The van der Waals surface area contributed by atoms with E-state index in [1.54, 1.807) is 26.0 Å². The lowest BCUT2D eigenvalue weighted by molar-refractivity contribution is 0.308. The van der Waals surface area contributed by atoms with Gasteiger partial charge in [-0.05, 0) is 213 Å². The lowest BCUT2D eigenvalue weighted by atomic mass is 9.84. The molecule has 0 spiro atoms. The predicted molar refractivity (Wildman–Crippen MR) is 456 cm³/mol. The third-order valence-electron chi connectivity index (χ3n) is 15.8. The van der Waals surface area contributed by atoms with E-state index in [0.717, 1.165) is 34.8 Å². The van der Waals surface area contributed by atoms with Gasteiger partial charge in [0.1, 0.15) is 11.6 Å². The van der Waals surface area contributed by atoms with E-state index in [1.165, 1.54) is 159 Å². The minimum absolute atomic E-state index is 0. The van der Waals surface area contributed by atoms with Crippen LogP contribution in [0, 0.1) is 146 Å². The maximum atomic E-state index is 12.6. The van der Waals surface area contributed by atoms with Crippen molar-refractivity contribution in [2.45, 2.75) is 282 Å². The van der Waals surface area contributed by atoms with E-state index >= 15 is 0 Å². The van der Waals surface area contributed by atoms with Crippen LogP contribution in [0.4, 0.5) is 8.78 Å². The van der Waals surface area contributed by atoms with Crippen LogP contribution in [0.25, 0.3) is 21.9 Å². The van der Waals surface area contributed by atoms with Gasteiger partial charge in [0.25, 0.3) is 0 Å². The molecule has 0 unspecified atom stereocenters. The Bertz CT molecular complexity index is 3020. The molecule has 9 aromatic rings. The van der Waals surface area contributed by atoms with E-state index in [0.29, 0.717) is 11.1 Å². The molecule has 1 saturated carbocycles. The molecule has 1 aliphatic rings. The van der Waals surface area contributed by atoms with Gasteiger partial charge in [0.2, 0.25) is 0 Å². The largest absolute Gasteiger partial charge is 0.207 e. The fraction of sp³-hybridized carbons (Fsp3) is 0.464. The molecular formula is C97H154F2. The monoisotopic (exact) mass is 1360 g/mol. The smallest absolute Gasteiger partial charge is 0.126 e. The molecule has 0 amide bonds. The Morgan fingerprint density at radius 2 is 0.475 bits per heavy atom. The fourth-order valence-corrected chi connectivity index (χ4v) is 9.37. The van der Waals surface area contributed by atoms with Gasteiger partial charge in [-0.15, -0.1) is 0 Å². The summed E-state index contributed by atoms with van der Waals surface area (Å²) in [6, 6.07) is 62.3. The fourth-order valence-electron chi connectivity index (χ4n) is 9.37. The minimum atomic E-state index is -0.116. The van der Waals surface area contributed by atoms with Gasteiger partial charge in [0.15, 0.2) is 0 Å². The van der Waals surface area contributed by atoms with Crippen molar-refractivity contribution in [3.8, 4) is 11.1 Å². The second-order valence-corrected chi connectivity index (χ2v) is 27.4. The van der Waals surface area contributed by atoms with Gasteiger partial charge < -0.3 is 0 Å². The summed E-state index contributed by atoms with van der Waals surface area (Å²) in [5.74, 6) is 3.60. The van der Waals surface area contributed by atoms with Gasteiger partial charge in [-0.1, -0.05) is 386 Å². The summed E-state index contributed by atoms with van der Waals surface area (Å²) in [6.07, 6.45) is 12.6. The molecule has 2 heteroatoms. The second-order valence-electron chi connectivity index (χ2n) is 27.4. The number of benzene rings is 9. The number of rotatable bonds is 5. The highest BCUT2D eigenvalue weighted by atomic mass is 19.1. The van der Waals surface area contributed by atoms with Crippen molar-refractivity contribution in [2.75, 3.05) is 0 Å². The molecule has 0 aliphatic heterocycles. The summed E-state index contributed by atoms with van der Waals surface area (Å²) in [7, 11) is 0. The molecule has 0 aromatic heterocycles. The van der Waals surface area contributed by atoms with Gasteiger partial charge >= 0.3 is 0 Å². The standard InChI is InChI=1S/C14H14.C12H12.2C9H12.2C8H9F.C8H16.C8H10.2C6H14.C3H8.6CH4/c1-11-3-7-13(8-4-11)14-9-5-12(2)6-10-14;1-9-3-5-12-8-10(2)4-6-11(12)7-9;2*1-7-4-5-8(2)9(3)6-7;2*1-6-3-4-7(2)8(9)5-6;2*1-7-3-5-8(2)6-4-7;2*1-4-5-6(2)3;1-3-2;;;;;;/h3-10H,1-2H3;3-8H,1-2H3;2*4-6H,1-3H3;2*3-5H,1-2H3;7-8H,3-6H2,1-2H3;3-6H,1-2H3;2*6H,4-5H2,1-3H3;3H2,1-2H3;6*1H4. The van der Waals surface area contributed by atoms with E-state index in [4.69, 9.17) is 0 Å². The average Bonchev–Trinajstić information content (AvgIpc) is 0.848. The molecular weight excluding hydrogens is 1200 g/mol. The second kappa shape index (κ2) is 61.0. The minimum Gasteiger partial charge on any atom is -0.207 e. The van der Waals surface area contributed by atoms with Crippen LogP contribution >= 0.6 is 0 Å². The van der Waals surface area contributed by atoms with Gasteiger partial charge in [0, 0.05) is 0 Å². The quantitative estimate of drug-likeness (QED) is 0.161. The lowest BCUT2D eigenvalue weighted by Crippen LogP contribution is -2.08. The molecule has 0 saturated heterocycles. The Balaban J connectivity index is -0.000000190. The molecule has 0 heterocycles. The summed E-state index contributed by atoms with van der Waals surface area (Å²) in [5, 5.41) is 2.67. The number of fused-ring (bicyclic) bond motifs is 1. The zero-order chi connectivity index (χ0) is 70.6. The Morgan fingerprint density at radius 3 is 0.667 bits per heavy atom. The normalized spacial score (nSPS) is 11.6. The van der Waals surface area contributed by atoms with Crippen LogP contribution in [0.3, 0.4) is 0 Å². The SMILES string of the molecule is C.C.C.C.C.C.CC1CCC(C)CC1.CCC.CCCC(C)C.CCCC(C)C.Cc1ccc(-c2ccc(C)cc2)cc1.Cc1ccc(C)c(C)c1.Cc1ccc(C)c(C)c1.Cc1ccc(C)c(F)c1.Cc1ccc(C)c(F)c1.Cc1ccc(C)cc1.Cc1ccc2cc(C)ccc2c1. The zero-order valence-electron chi connectivity index (χ0n) is 63.7. The van der Waals surface area contributed by atoms with Gasteiger partial charge in [-0.25, -0.2) is 8.78 Å². The van der Waals surface area contributed by atoms with Crippen LogP contribution in [0.1, 0.15) is 261 Å². The van der Waals surface area contributed by atoms with Crippen molar-refractivity contribution < 1.29 is 8.78 Å². The number of hydrogen-bond acceptors (Lipinski definition) is 0. The highest BCUT2D eigenvalue weighted by Crippen LogP contribution is 2.27. The number of halogens is 2. The zero-order valence-corrected chi connectivity index (χ0v) is 63.7. The molecule has 0 bridgehead atoms. The van der Waals surface area contributed by atoms with Crippen molar-refractivity contribution in [1.82, 2.24) is 0 Å². The maximum absolute atomic E-state index is 12.6.